The number of fused-ring (bicyclic) bond motifs is 9. The van der Waals surface area contributed by atoms with Gasteiger partial charge >= 0.3 is 0 Å². The van der Waals surface area contributed by atoms with Crippen LogP contribution in [0.3, 0.4) is 0 Å². The zero-order valence-corrected chi connectivity index (χ0v) is 26.6. The van der Waals surface area contributed by atoms with Crippen LogP contribution in [0.4, 0.5) is 0 Å². The molecule has 0 saturated carbocycles. The molecule has 1 heteroatoms. The van der Waals surface area contributed by atoms with Crippen molar-refractivity contribution in [3.63, 3.8) is 0 Å². The minimum Gasteiger partial charge on any atom is -0.456 e. The molecule has 1 nitrogen and oxygen atoms in total. The molecule has 1 heterocycles. The summed E-state index contributed by atoms with van der Waals surface area (Å²) in [4.78, 5) is 0. The van der Waals surface area contributed by atoms with Crippen molar-refractivity contribution in [1.82, 2.24) is 0 Å². The minimum atomic E-state index is -0.738. The van der Waals surface area contributed by atoms with Crippen LogP contribution in [0.2, 0.25) is 0 Å². The first-order chi connectivity index (χ1) is 31.5. The molecular weight excluding hydrogens is 617 g/mol. The Labute approximate surface area is 315 Å². The van der Waals surface area contributed by atoms with Crippen molar-refractivity contribution in [3.8, 4) is 33.4 Å². The van der Waals surface area contributed by atoms with Gasteiger partial charge in [-0.05, 0) is 118 Å². The lowest BCUT2D eigenvalue weighted by Gasteiger charge is -2.18. The van der Waals surface area contributed by atoms with Gasteiger partial charge in [-0.2, -0.15) is 0 Å². The summed E-state index contributed by atoms with van der Waals surface area (Å²) < 4.78 is 142. The van der Waals surface area contributed by atoms with E-state index in [1.165, 1.54) is 0 Å². The maximum Gasteiger partial charge on any atom is 0.136 e. The fourth-order valence-electron chi connectivity index (χ4n) is 7.46. The van der Waals surface area contributed by atoms with Crippen molar-refractivity contribution in [3.05, 3.63) is 182 Å². The number of furan rings is 1. The Balaban J connectivity index is 1.29. The number of hydrogen-bond acceptors (Lipinski definition) is 1. The van der Waals surface area contributed by atoms with Crippen molar-refractivity contribution in [1.29, 1.82) is 0 Å². The van der Waals surface area contributed by atoms with Crippen LogP contribution in [0.15, 0.2) is 186 Å². The monoisotopic (exact) mass is 661 g/mol. The molecule has 0 bridgehead atoms. The lowest BCUT2D eigenvalue weighted by atomic mass is 9.85. The van der Waals surface area contributed by atoms with Crippen LogP contribution in [0.25, 0.3) is 109 Å². The van der Waals surface area contributed by atoms with E-state index in [0.717, 1.165) is 43.6 Å². The average molecular weight is 662 g/mol. The van der Waals surface area contributed by atoms with Crippen LogP contribution in [0, 0.1) is 0 Å². The fraction of sp³-hybridized carbons (Fsp3) is 0. The highest BCUT2D eigenvalue weighted by molar-refractivity contribution is 6.23. The molecule has 236 valence electrons. The standard InChI is InChI=1S/C50H30O/c1-2-12-34-28-36(22-20-31(34)10-1)48-40-15-5-7-17-42(40)49(43-18-8-6-16-41(43)48)37-23-21-33-13-9-19-38(44(33)30-37)35-25-26-46-45(29-35)50-39-14-4-3-11-32(39)24-27-47(50)51-46/h1-30H/i1D,2D,5D,6D,7D,8D,10D,12D,15D,16D,17D,18D,20D,22D,28D. The smallest absolute Gasteiger partial charge is 0.136 e. The van der Waals surface area contributed by atoms with Gasteiger partial charge in [-0.15, -0.1) is 0 Å². The van der Waals surface area contributed by atoms with Gasteiger partial charge in [0, 0.05) is 10.8 Å². The molecule has 0 N–H and O–H groups in total. The molecule has 10 aromatic carbocycles. The topological polar surface area (TPSA) is 13.1 Å². The summed E-state index contributed by atoms with van der Waals surface area (Å²) in [6.07, 6.45) is 0. The number of rotatable bonds is 3. The first-order valence-corrected chi connectivity index (χ1v) is 16.4. The van der Waals surface area contributed by atoms with E-state index in [-0.39, 0.29) is 32.7 Å². The Kier molecular flexibility index (Phi) is 3.70. The van der Waals surface area contributed by atoms with Gasteiger partial charge < -0.3 is 4.42 Å². The molecule has 0 unspecified atom stereocenters. The molecule has 0 aliphatic heterocycles. The van der Waals surface area contributed by atoms with Gasteiger partial charge in [-0.1, -0.05) is 151 Å². The third kappa shape index (κ3) is 4.28. The summed E-state index contributed by atoms with van der Waals surface area (Å²) in [5.41, 5.74) is 2.57. The van der Waals surface area contributed by atoms with Crippen LogP contribution < -0.4 is 0 Å². The van der Waals surface area contributed by atoms with Crippen molar-refractivity contribution >= 4 is 75.8 Å². The normalized spacial score (nSPS) is 16.0. The molecule has 0 saturated heterocycles. The highest BCUT2D eigenvalue weighted by Gasteiger charge is 2.18. The van der Waals surface area contributed by atoms with Crippen molar-refractivity contribution in [2.24, 2.45) is 0 Å². The third-order valence-corrected chi connectivity index (χ3v) is 9.72. The van der Waals surface area contributed by atoms with Crippen LogP contribution in [-0.2, 0) is 0 Å². The summed E-state index contributed by atoms with van der Waals surface area (Å²) in [5, 5.41) is 3.67. The summed E-state index contributed by atoms with van der Waals surface area (Å²) in [6.45, 7) is 0. The first kappa shape index (κ1) is 17.3. The second kappa shape index (κ2) is 10.9. The molecule has 0 spiro atoms. The van der Waals surface area contributed by atoms with Crippen LogP contribution in [0.1, 0.15) is 20.6 Å². The molecule has 0 radical (unpaired) electrons. The Bertz CT molecular complexity index is 3980. The van der Waals surface area contributed by atoms with Crippen molar-refractivity contribution in [2.75, 3.05) is 0 Å². The quantitative estimate of drug-likeness (QED) is 0.172. The van der Waals surface area contributed by atoms with E-state index in [9.17, 15) is 8.22 Å². The van der Waals surface area contributed by atoms with Crippen molar-refractivity contribution < 1.29 is 25.0 Å². The maximum atomic E-state index is 9.51. The predicted molar refractivity (Wildman–Crippen MR) is 218 cm³/mol. The molecule has 0 atom stereocenters. The van der Waals surface area contributed by atoms with Crippen LogP contribution >= 0.6 is 0 Å². The zero-order chi connectivity index (χ0) is 46.5. The maximum absolute atomic E-state index is 9.51. The van der Waals surface area contributed by atoms with Gasteiger partial charge in [-0.25, -0.2) is 0 Å². The first-order valence-electron chi connectivity index (χ1n) is 23.9. The summed E-state index contributed by atoms with van der Waals surface area (Å²) in [6, 6.07) is 19.1. The average Bonchev–Trinajstić information content (AvgIpc) is 3.71. The summed E-state index contributed by atoms with van der Waals surface area (Å²) in [7, 11) is 0. The Morgan fingerprint density at radius 1 is 0.373 bits per heavy atom. The zero-order valence-electron chi connectivity index (χ0n) is 41.6. The van der Waals surface area contributed by atoms with Gasteiger partial charge in [0.1, 0.15) is 11.2 Å². The number of hydrogen-bond donors (Lipinski definition) is 0. The van der Waals surface area contributed by atoms with E-state index < -0.39 is 107 Å². The van der Waals surface area contributed by atoms with E-state index in [4.69, 9.17) is 16.8 Å². The van der Waals surface area contributed by atoms with Gasteiger partial charge in [0.2, 0.25) is 0 Å². The summed E-state index contributed by atoms with van der Waals surface area (Å²) >= 11 is 0. The van der Waals surface area contributed by atoms with Crippen molar-refractivity contribution in [2.45, 2.75) is 0 Å². The highest BCUT2D eigenvalue weighted by atomic mass is 16.3. The highest BCUT2D eigenvalue weighted by Crippen LogP contribution is 2.45. The van der Waals surface area contributed by atoms with Gasteiger partial charge in [0.15, 0.2) is 0 Å². The number of benzene rings is 10. The van der Waals surface area contributed by atoms with Crippen LogP contribution in [0.5, 0.6) is 0 Å². The molecule has 0 fully saturated rings. The predicted octanol–water partition coefficient (Wildman–Crippen LogP) is 14.4. The fourth-order valence-corrected chi connectivity index (χ4v) is 7.46. The van der Waals surface area contributed by atoms with E-state index in [2.05, 4.69) is 12.1 Å². The van der Waals surface area contributed by atoms with Crippen LogP contribution in [-0.4, -0.2) is 0 Å². The molecule has 0 aliphatic rings. The van der Waals surface area contributed by atoms with E-state index in [1.54, 1.807) is 6.07 Å². The van der Waals surface area contributed by atoms with Gasteiger partial charge in [-0.3, -0.25) is 0 Å². The SMILES string of the molecule is [2H]c1c([2H])c([2H])c2c([2H])c(-c3c4c([2H])c([2H])c([2H])c([2H])c4c(-c4ccc5cccc(-c6ccc7oc8ccc9ccccc9c8c7c6)c5c4)c4c([2H])c([2H])c([2H])c([2H])c34)c([2H])c([2H])c2c1[2H]. The molecular formula is C50H30O. The molecule has 11 aromatic rings. The van der Waals surface area contributed by atoms with E-state index in [0.29, 0.717) is 16.5 Å². The second-order valence-corrected chi connectivity index (χ2v) is 12.5. The molecule has 1 aromatic heterocycles. The lowest BCUT2D eigenvalue weighted by Crippen LogP contribution is -1.91. The molecule has 51 heavy (non-hydrogen) atoms. The Hall–Kier alpha value is -6.70. The minimum absolute atomic E-state index is 0.0362. The van der Waals surface area contributed by atoms with E-state index >= 15 is 0 Å². The molecule has 0 aliphatic carbocycles. The Morgan fingerprint density at radius 3 is 1.78 bits per heavy atom. The largest absolute Gasteiger partial charge is 0.456 e. The Morgan fingerprint density at radius 2 is 0.980 bits per heavy atom. The molecule has 11 rings (SSSR count). The third-order valence-electron chi connectivity index (χ3n) is 9.72. The van der Waals surface area contributed by atoms with Gasteiger partial charge in [0.05, 0.1) is 20.6 Å². The lowest BCUT2D eigenvalue weighted by molar-refractivity contribution is 0.669. The van der Waals surface area contributed by atoms with E-state index in [1.807, 2.05) is 72.8 Å². The summed E-state index contributed by atoms with van der Waals surface area (Å²) in [5.74, 6) is 0. The second-order valence-electron chi connectivity index (χ2n) is 12.5. The van der Waals surface area contributed by atoms with Gasteiger partial charge in [0.25, 0.3) is 0 Å². The molecule has 0 amide bonds.